The normalized spacial score (nSPS) is 12.7. The van der Waals surface area contributed by atoms with Crippen molar-refractivity contribution in [3.8, 4) is 0 Å². The van der Waals surface area contributed by atoms with Crippen LogP contribution in [0.15, 0.2) is 59.5 Å². The summed E-state index contributed by atoms with van der Waals surface area (Å²) in [5.41, 5.74) is 4.14. The molecule has 0 unspecified atom stereocenters. The Morgan fingerprint density at radius 2 is 1.66 bits per heavy atom. The Labute approximate surface area is 172 Å². The van der Waals surface area contributed by atoms with Crippen LogP contribution in [-0.2, 0) is 11.3 Å². The lowest BCUT2D eigenvalue weighted by molar-refractivity contribution is -0.185. The first kappa shape index (κ1) is 24.7. The molecule has 1 amide bonds. The van der Waals surface area contributed by atoms with Gasteiger partial charge < -0.3 is 4.90 Å². The van der Waals surface area contributed by atoms with Crippen LogP contribution >= 0.6 is 0 Å². The van der Waals surface area contributed by atoms with Gasteiger partial charge in [-0.3, -0.25) is 9.78 Å². The second-order valence-electron chi connectivity index (χ2n) is 7.50. The van der Waals surface area contributed by atoms with E-state index < -0.39 is 12.1 Å². The van der Waals surface area contributed by atoms with Crippen LogP contribution in [0.4, 0.5) is 13.2 Å². The quantitative estimate of drug-likeness (QED) is 0.420. The molecule has 0 aromatic carbocycles. The van der Waals surface area contributed by atoms with Crippen molar-refractivity contribution in [2.24, 2.45) is 0 Å². The van der Waals surface area contributed by atoms with Crippen LogP contribution in [0.3, 0.4) is 0 Å². The first-order chi connectivity index (χ1) is 13.6. The molecule has 0 atom stereocenters. The number of hydrogen-bond donors (Lipinski definition) is 0. The SMILES string of the molecule is CC(C)=CCC/C(C)=C/CC/C(C)=C/CN(Cc1cccnc1)C(=O)C(F)(F)F. The third kappa shape index (κ3) is 10.7. The van der Waals surface area contributed by atoms with Gasteiger partial charge in [-0.1, -0.05) is 41.0 Å². The number of amides is 1. The number of halogens is 3. The van der Waals surface area contributed by atoms with Crippen molar-refractivity contribution in [2.75, 3.05) is 6.54 Å². The highest BCUT2D eigenvalue weighted by Crippen LogP contribution is 2.20. The second-order valence-corrected chi connectivity index (χ2v) is 7.50. The van der Waals surface area contributed by atoms with E-state index in [-0.39, 0.29) is 13.1 Å². The van der Waals surface area contributed by atoms with Gasteiger partial charge in [0.15, 0.2) is 0 Å². The minimum absolute atomic E-state index is 0.0810. The summed E-state index contributed by atoms with van der Waals surface area (Å²) in [4.78, 5) is 16.5. The molecule has 1 aromatic heterocycles. The van der Waals surface area contributed by atoms with Gasteiger partial charge in [0.05, 0.1) is 0 Å². The molecule has 0 fully saturated rings. The maximum absolute atomic E-state index is 12.9. The number of pyridine rings is 1. The molecule has 0 radical (unpaired) electrons. The lowest BCUT2D eigenvalue weighted by atomic mass is 10.1. The third-order valence-electron chi connectivity index (χ3n) is 4.41. The molecule has 0 saturated carbocycles. The smallest absolute Gasteiger partial charge is 0.327 e. The molecule has 0 aliphatic carbocycles. The maximum Gasteiger partial charge on any atom is 0.471 e. The van der Waals surface area contributed by atoms with Crippen molar-refractivity contribution in [3.05, 3.63) is 65.0 Å². The van der Waals surface area contributed by atoms with Crippen LogP contribution in [0, 0.1) is 0 Å². The van der Waals surface area contributed by atoms with Crippen molar-refractivity contribution < 1.29 is 18.0 Å². The Morgan fingerprint density at radius 1 is 1.03 bits per heavy atom. The molecule has 160 valence electrons. The minimum atomic E-state index is -4.89. The molecule has 0 aliphatic heterocycles. The van der Waals surface area contributed by atoms with Gasteiger partial charge in [-0.15, -0.1) is 0 Å². The average molecular weight is 409 g/mol. The lowest BCUT2D eigenvalue weighted by Crippen LogP contribution is -2.40. The van der Waals surface area contributed by atoms with E-state index in [1.54, 1.807) is 24.4 Å². The fourth-order valence-corrected chi connectivity index (χ4v) is 2.72. The van der Waals surface area contributed by atoms with E-state index in [1.165, 1.54) is 17.3 Å². The van der Waals surface area contributed by atoms with E-state index in [4.69, 9.17) is 0 Å². The summed E-state index contributed by atoms with van der Waals surface area (Å²) in [5.74, 6) is -1.83. The van der Waals surface area contributed by atoms with Gasteiger partial charge in [-0.25, -0.2) is 0 Å². The van der Waals surface area contributed by atoms with Crippen molar-refractivity contribution in [1.29, 1.82) is 0 Å². The Bertz CT molecular complexity index is 730. The van der Waals surface area contributed by atoms with Crippen molar-refractivity contribution in [1.82, 2.24) is 9.88 Å². The van der Waals surface area contributed by atoms with Crippen molar-refractivity contribution >= 4 is 5.91 Å². The highest BCUT2D eigenvalue weighted by molar-refractivity contribution is 5.82. The molecule has 0 aliphatic rings. The van der Waals surface area contributed by atoms with Gasteiger partial charge in [0.25, 0.3) is 0 Å². The predicted octanol–water partition coefficient (Wildman–Crippen LogP) is 6.39. The number of hydrogen-bond acceptors (Lipinski definition) is 2. The summed E-state index contributed by atoms with van der Waals surface area (Å²) in [5, 5.41) is 0. The molecule has 1 heterocycles. The van der Waals surface area contributed by atoms with Gasteiger partial charge in [-0.05, 0) is 65.0 Å². The van der Waals surface area contributed by atoms with Crippen LogP contribution in [0.25, 0.3) is 0 Å². The van der Waals surface area contributed by atoms with E-state index in [0.29, 0.717) is 5.56 Å². The van der Waals surface area contributed by atoms with E-state index in [0.717, 1.165) is 36.2 Å². The van der Waals surface area contributed by atoms with E-state index >= 15 is 0 Å². The highest BCUT2D eigenvalue weighted by atomic mass is 19.4. The molecule has 29 heavy (non-hydrogen) atoms. The molecule has 0 N–H and O–H groups in total. The van der Waals surface area contributed by atoms with Crippen LogP contribution in [0.5, 0.6) is 0 Å². The fourth-order valence-electron chi connectivity index (χ4n) is 2.72. The number of rotatable bonds is 10. The zero-order chi connectivity index (χ0) is 21.9. The monoisotopic (exact) mass is 408 g/mol. The Kier molecular flexibility index (Phi) is 10.4. The number of alkyl halides is 3. The molecule has 0 bridgehead atoms. The topological polar surface area (TPSA) is 33.2 Å². The summed E-state index contributed by atoms with van der Waals surface area (Å²) in [6, 6.07) is 3.29. The molecular weight excluding hydrogens is 377 g/mol. The van der Waals surface area contributed by atoms with Crippen LogP contribution < -0.4 is 0 Å². The number of aromatic nitrogens is 1. The molecular formula is C23H31F3N2O. The number of carbonyl (C=O) groups is 1. The fraction of sp³-hybridized carbons (Fsp3) is 0.478. The minimum Gasteiger partial charge on any atom is -0.327 e. The van der Waals surface area contributed by atoms with Crippen molar-refractivity contribution in [3.63, 3.8) is 0 Å². The third-order valence-corrected chi connectivity index (χ3v) is 4.41. The van der Waals surface area contributed by atoms with E-state index in [2.05, 4.69) is 37.9 Å². The Morgan fingerprint density at radius 3 is 2.21 bits per heavy atom. The zero-order valence-corrected chi connectivity index (χ0v) is 17.7. The number of allylic oxidation sites excluding steroid dienone is 5. The lowest BCUT2D eigenvalue weighted by Gasteiger charge is -2.22. The van der Waals surface area contributed by atoms with Crippen molar-refractivity contribution in [2.45, 2.75) is 66.1 Å². The first-order valence-corrected chi connectivity index (χ1v) is 9.79. The highest BCUT2D eigenvalue weighted by Gasteiger charge is 2.42. The Hall–Kier alpha value is -2.37. The summed E-state index contributed by atoms with van der Waals surface area (Å²) in [7, 11) is 0. The molecule has 1 aromatic rings. The van der Waals surface area contributed by atoms with E-state index in [1.807, 2.05) is 6.92 Å². The van der Waals surface area contributed by atoms with Gasteiger partial charge in [0, 0.05) is 25.5 Å². The van der Waals surface area contributed by atoms with Gasteiger partial charge in [-0.2, -0.15) is 13.2 Å². The van der Waals surface area contributed by atoms with Gasteiger partial charge in [0.2, 0.25) is 0 Å². The largest absolute Gasteiger partial charge is 0.471 e. The standard InChI is InChI=1S/C23H31F3N2O/c1-18(2)8-5-9-19(3)10-6-11-20(4)13-15-28(22(29)23(24,25)26)17-21-12-7-14-27-16-21/h7-8,10,12-14,16H,5-6,9,11,15,17H2,1-4H3/b19-10+,20-13+. The molecule has 1 rings (SSSR count). The number of carbonyl (C=O) groups excluding carboxylic acids is 1. The zero-order valence-electron chi connectivity index (χ0n) is 17.7. The second kappa shape index (κ2) is 12.2. The molecule has 3 nitrogen and oxygen atoms in total. The summed E-state index contributed by atoms with van der Waals surface area (Å²) in [6.07, 6.45) is 7.80. The van der Waals surface area contributed by atoms with E-state index in [9.17, 15) is 18.0 Å². The van der Waals surface area contributed by atoms with Crippen LogP contribution in [-0.4, -0.2) is 28.5 Å². The van der Waals surface area contributed by atoms with Gasteiger partial charge >= 0.3 is 12.1 Å². The first-order valence-electron chi connectivity index (χ1n) is 9.79. The average Bonchev–Trinajstić information content (AvgIpc) is 2.64. The van der Waals surface area contributed by atoms with Crippen LogP contribution in [0.2, 0.25) is 0 Å². The maximum atomic E-state index is 12.9. The van der Waals surface area contributed by atoms with Crippen LogP contribution in [0.1, 0.15) is 58.9 Å². The summed E-state index contributed by atoms with van der Waals surface area (Å²) in [6.45, 7) is 7.92. The predicted molar refractivity (Wildman–Crippen MR) is 111 cm³/mol. The Balaban J connectivity index is 2.65. The summed E-state index contributed by atoms with van der Waals surface area (Å²) < 4.78 is 38.8. The molecule has 0 spiro atoms. The molecule has 0 saturated heterocycles. The summed E-state index contributed by atoms with van der Waals surface area (Å²) >= 11 is 0. The molecule has 6 heteroatoms. The van der Waals surface area contributed by atoms with Gasteiger partial charge in [0.1, 0.15) is 0 Å². The number of nitrogens with zero attached hydrogens (tertiary/aromatic N) is 2.